The van der Waals surface area contributed by atoms with Gasteiger partial charge in [-0.1, -0.05) is 24.3 Å². The van der Waals surface area contributed by atoms with Crippen LogP contribution >= 0.6 is 0 Å². The van der Waals surface area contributed by atoms with Crippen molar-refractivity contribution in [2.24, 2.45) is 0 Å². The van der Waals surface area contributed by atoms with Crippen molar-refractivity contribution in [1.82, 2.24) is 34.5 Å². The van der Waals surface area contributed by atoms with Crippen LogP contribution in [0.15, 0.2) is 67.1 Å². The largest absolute Gasteiger partial charge is 0.383 e. The van der Waals surface area contributed by atoms with Crippen molar-refractivity contribution in [1.29, 1.82) is 0 Å². The average Bonchev–Trinajstić information content (AvgIpc) is 3.34. The Balaban J connectivity index is 1.41. The predicted octanol–water partition coefficient (Wildman–Crippen LogP) is 3.00. The van der Waals surface area contributed by atoms with Gasteiger partial charge in [-0.3, -0.25) is 9.59 Å². The molecule has 1 fully saturated rings. The van der Waals surface area contributed by atoms with Gasteiger partial charge in [0.2, 0.25) is 5.91 Å². The molecular formula is C28H31N9O2. The van der Waals surface area contributed by atoms with Gasteiger partial charge in [0.25, 0.3) is 5.91 Å². The number of aromatic nitrogens is 5. The molecule has 2 amide bonds. The standard InChI is InChI=1S/C28H31N9O2/c1-35(2)15-6-9-23(38)36-16-5-7-21(17-36)37-27-24(26(29)31-18-32-27)25(34-37)19-10-12-20(13-11-19)28(39)33-22-8-3-4-14-30-22/h3-4,6,8-14,18,21H,5,7,15-17H2,1-2H3,(H2,29,31,32)(H,30,33,39)/b9-6+. The number of nitrogens with one attached hydrogen (secondary N) is 1. The molecule has 200 valence electrons. The predicted molar refractivity (Wildman–Crippen MR) is 150 cm³/mol. The highest BCUT2D eigenvalue weighted by Gasteiger charge is 2.28. The molecule has 39 heavy (non-hydrogen) atoms. The molecule has 5 rings (SSSR count). The Labute approximate surface area is 226 Å². The number of fused-ring (bicyclic) bond motifs is 1. The van der Waals surface area contributed by atoms with Crippen LogP contribution in [0.5, 0.6) is 0 Å². The first kappa shape index (κ1) is 26.0. The van der Waals surface area contributed by atoms with Gasteiger partial charge in [-0.25, -0.2) is 19.6 Å². The zero-order chi connectivity index (χ0) is 27.4. The molecule has 4 heterocycles. The van der Waals surface area contributed by atoms with E-state index in [0.29, 0.717) is 53.6 Å². The molecule has 11 nitrogen and oxygen atoms in total. The summed E-state index contributed by atoms with van der Waals surface area (Å²) >= 11 is 0. The molecule has 1 aliphatic rings. The van der Waals surface area contributed by atoms with Gasteiger partial charge in [0.15, 0.2) is 5.65 Å². The first-order chi connectivity index (χ1) is 18.9. The average molecular weight is 526 g/mol. The lowest BCUT2D eigenvalue weighted by atomic mass is 10.1. The fourth-order valence-corrected chi connectivity index (χ4v) is 4.68. The molecule has 0 aliphatic carbocycles. The third-order valence-corrected chi connectivity index (χ3v) is 6.63. The Hall–Kier alpha value is -4.64. The quantitative estimate of drug-likeness (QED) is 0.352. The SMILES string of the molecule is CN(C)C/C=C/C(=O)N1CCCC(n2nc(-c3ccc(C(=O)Nc4ccccn4)cc3)c3c(N)ncnc32)C1. The van der Waals surface area contributed by atoms with Crippen molar-refractivity contribution in [3.63, 3.8) is 0 Å². The Bertz CT molecular complexity index is 1500. The smallest absolute Gasteiger partial charge is 0.256 e. The molecule has 3 N–H and O–H groups in total. The molecule has 1 aliphatic heterocycles. The van der Waals surface area contributed by atoms with E-state index in [2.05, 4.69) is 20.3 Å². The van der Waals surface area contributed by atoms with E-state index in [1.165, 1.54) is 6.33 Å². The van der Waals surface area contributed by atoms with E-state index in [0.717, 1.165) is 18.4 Å². The monoisotopic (exact) mass is 525 g/mol. The van der Waals surface area contributed by atoms with Gasteiger partial charge >= 0.3 is 0 Å². The number of anilines is 2. The van der Waals surface area contributed by atoms with Crippen molar-refractivity contribution in [3.8, 4) is 11.3 Å². The van der Waals surface area contributed by atoms with E-state index in [1.807, 2.05) is 52.9 Å². The minimum absolute atomic E-state index is 0.00746. The normalized spacial score (nSPS) is 15.8. The molecule has 0 radical (unpaired) electrons. The summed E-state index contributed by atoms with van der Waals surface area (Å²) in [6.45, 7) is 1.93. The van der Waals surface area contributed by atoms with Gasteiger partial charge in [-0.15, -0.1) is 0 Å². The minimum Gasteiger partial charge on any atom is -0.383 e. The number of nitrogens with zero attached hydrogens (tertiary/aromatic N) is 7. The highest BCUT2D eigenvalue weighted by Crippen LogP contribution is 2.34. The maximum absolute atomic E-state index is 12.8. The molecular weight excluding hydrogens is 494 g/mol. The molecule has 1 aromatic carbocycles. The summed E-state index contributed by atoms with van der Waals surface area (Å²) in [5, 5.41) is 8.36. The van der Waals surface area contributed by atoms with Crippen LogP contribution in [-0.4, -0.2) is 80.1 Å². The van der Waals surface area contributed by atoms with Gasteiger partial charge in [0.05, 0.1) is 11.4 Å². The lowest BCUT2D eigenvalue weighted by Crippen LogP contribution is -2.40. The van der Waals surface area contributed by atoms with Gasteiger partial charge in [0.1, 0.15) is 23.7 Å². The number of hydrogen-bond acceptors (Lipinski definition) is 8. The highest BCUT2D eigenvalue weighted by molar-refractivity contribution is 6.04. The molecule has 0 bridgehead atoms. The zero-order valence-corrected chi connectivity index (χ0v) is 22.0. The van der Waals surface area contributed by atoms with E-state index in [1.54, 1.807) is 36.5 Å². The zero-order valence-electron chi connectivity index (χ0n) is 22.0. The summed E-state index contributed by atoms with van der Waals surface area (Å²) in [5.74, 6) is 0.542. The number of hydrogen-bond donors (Lipinski definition) is 2. The number of carbonyl (C=O) groups is 2. The van der Waals surface area contributed by atoms with Gasteiger partial charge in [-0.05, 0) is 51.2 Å². The Kier molecular flexibility index (Phi) is 7.60. The van der Waals surface area contributed by atoms with Crippen LogP contribution in [0.4, 0.5) is 11.6 Å². The first-order valence-electron chi connectivity index (χ1n) is 12.8. The summed E-state index contributed by atoms with van der Waals surface area (Å²) in [7, 11) is 3.93. The Morgan fingerprint density at radius 3 is 2.69 bits per heavy atom. The third-order valence-electron chi connectivity index (χ3n) is 6.63. The Morgan fingerprint density at radius 2 is 1.95 bits per heavy atom. The van der Waals surface area contributed by atoms with Crippen LogP contribution in [0.3, 0.4) is 0 Å². The lowest BCUT2D eigenvalue weighted by molar-refractivity contribution is -0.127. The second kappa shape index (κ2) is 11.4. The second-order valence-electron chi connectivity index (χ2n) is 9.74. The number of amides is 2. The van der Waals surface area contributed by atoms with Gasteiger partial charge in [-0.2, -0.15) is 5.10 Å². The number of carbonyl (C=O) groups excluding carboxylic acids is 2. The van der Waals surface area contributed by atoms with E-state index >= 15 is 0 Å². The van der Waals surface area contributed by atoms with E-state index in [-0.39, 0.29) is 17.9 Å². The van der Waals surface area contributed by atoms with E-state index in [4.69, 9.17) is 10.8 Å². The Morgan fingerprint density at radius 1 is 1.13 bits per heavy atom. The third kappa shape index (κ3) is 5.78. The number of pyridine rings is 1. The van der Waals surface area contributed by atoms with Crippen LogP contribution in [0.2, 0.25) is 0 Å². The minimum atomic E-state index is -0.259. The van der Waals surface area contributed by atoms with Gasteiger partial charge in [0, 0.05) is 43.0 Å². The van der Waals surface area contributed by atoms with Crippen LogP contribution in [-0.2, 0) is 4.79 Å². The number of likely N-dealkylation sites (N-methyl/N-ethyl adjacent to an activating group) is 1. The fourth-order valence-electron chi connectivity index (χ4n) is 4.68. The number of nitrogens with two attached hydrogens (primary N) is 1. The number of piperidine rings is 1. The molecule has 1 unspecified atom stereocenters. The van der Waals surface area contributed by atoms with Crippen LogP contribution in [0.1, 0.15) is 29.2 Å². The van der Waals surface area contributed by atoms with E-state index in [9.17, 15) is 9.59 Å². The van der Waals surface area contributed by atoms with Gasteiger partial charge < -0.3 is 20.9 Å². The summed E-state index contributed by atoms with van der Waals surface area (Å²) in [5.41, 5.74) is 8.83. The van der Waals surface area contributed by atoms with Crippen LogP contribution < -0.4 is 11.1 Å². The lowest BCUT2D eigenvalue weighted by Gasteiger charge is -2.32. The summed E-state index contributed by atoms with van der Waals surface area (Å²) in [6, 6.07) is 12.4. The number of benzene rings is 1. The summed E-state index contributed by atoms with van der Waals surface area (Å²) < 4.78 is 1.87. The van der Waals surface area contributed by atoms with Crippen molar-refractivity contribution in [2.75, 3.05) is 44.8 Å². The van der Waals surface area contributed by atoms with Crippen LogP contribution in [0, 0.1) is 0 Å². The van der Waals surface area contributed by atoms with E-state index < -0.39 is 0 Å². The maximum Gasteiger partial charge on any atom is 0.256 e. The van der Waals surface area contributed by atoms with Crippen molar-refractivity contribution >= 4 is 34.5 Å². The highest BCUT2D eigenvalue weighted by atomic mass is 16.2. The number of likely N-dealkylation sites (tertiary alicyclic amines) is 1. The molecule has 1 saturated heterocycles. The fraction of sp³-hybridized carbons (Fsp3) is 0.286. The van der Waals surface area contributed by atoms with Crippen molar-refractivity contribution in [3.05, 3.63) is 72.7 Å². The summed E-state index contributed by atoms with van der Waals surface area (Å²) in [6.07, 6.45) is 8.28. The molecule has 0 spiro atoms. The number of nitrogen functional groups attached to an aromatic ring is 1. The van der Waals surface area contributed by atoms with Crippen molar-refractivity contribution in [2.45, 2.75) is 18.9 Å². The van der Waals surface area contributed by atoms with Crippen LogP contribution in [0.25, 0.3) is 22.3 Å². The molecule has 0 saturated carbocycles. The second-order valence-corrected chi connectivity index (χ2v) is 9.74. The molecule has 4 aromatic rings. The molecule has 11 heteroatoms. The molecule has 3 aromatic heterocycles. The number of rotatable bonds is 7. The molecule has 1 atom stereocenters. The maximum atomic E-state index is 12.8. The topological polar surface area (TPSA) is 135 Å². The first-order valence-corrected chi connectivity index (χ1v) is 12.8. The van der Waals surface area contributed by atoms with Crippen molar-refractivity contribution < 1.29 is 9.59 Å². The summed E-state index contributed by atoms with van der Waals surface area (Å²) in [4.78, 5) is 42.2.